The number of aromatic amines is 2. The van der Waals surface area contributed by atoms with Gasteiger partial charge in [-0.25, -0.2) is 4.79 Å². The van der Waals surface area contributed by atoms with Crippen molar-refractivity contribution in [1.82, 2.24) is 26.1 Å². The van der Waals surface area contributed by atoms with Gasteiger partial charge in [0, 0.05) is 42.7 Å². The zero-order valence-corrected chi connectivity index (χ0v) is 20.8. The summed E-state index contributed by atoms with van der Waals surface area (Å²) < 4.78 is 0. The molecule has 0 aliphatic carbocycles. The molecule has 10 nitrogen and oxygen atoms in total. The fraction of sp³-hybridized carbons (Fsp3) is 0.583. The second-order valence-electron chi connectivity index (χ2n) is 9.14. The predicted octanol–water partition coefficient (Wildman–Crippen LogP) is 1.66. The standard InChI is InChI=1S/C24H34N6O4S/c1-2-30(15-9-10-16-17(13-15)23(33)29-28-22(16)32)12-6-5-11-25-20(31)8-4-3-7-19-21-18(14-35-19)26-24(34)27-21/h9-10,13,18-19,21H,2-8,11-12,14H2,1H3,(H,25,31)(H,28,32)(H,29,33)(H2,26,27,34)/t18-,19-,21-/m0/s1. The minimum atomic E-state index is -0.311. The third kappa shape index (κ3) is 6.19. The molecule has 5 N–H and O–H groups in total. The van der Waals surface area contributed by atoms with E-state index in [4.69, 9.17) is 0 Å². The molecule has 1 aromatic heterocycles. The molecule has 4 rings (SSSR count). The summed E-state index contributed by atoms with van der Waals surface area (Å²) in [6.45, 7) is 4.27. The Morgan fingerprint density at radius 3 is 2.66 bits per heavy atom. The third-order valence-corrected chi connectivity index (χ3v) is 8.30. The van der Waals surface area contributed by atoms with E-state index in [2.05, 4.69) is 38.0 Å². The molecular weight excluding hydrogens is 468 g/mol. The van der Waals surface area contributed by atoms with Gasteiger partial charge in [-0.1, -0.05) is 6.42 Å². The van der Waals surface area contributed by atoms with Crippen LogP contribution in [0.5, 0.6) is 0 Å². The summed E-state index contributed by atoms with van der Waals surface area (Å²) in [7, 11) is 0. The number of fused-ring (bicyclic) bond motifs is 2. The van der Waals surface area contributed by atoms with Crippen LogP contribution in [0, 0.1) is 0 Å². The van der Waals surface area contributed by atoms with Gasteiger partial charge in [0.25, 0.3) is 11.1 Å². The molecule has 2 fully saturated rings. The molecule has 0 spiro atoms. The largest absolute Gasteiger partial charge is 0.372 e. The number of thioether (sulfide) groups is 1. The number of rotatable bonds is 12. The minimum absolute atomic E-state index is 0.0594. The van der Waals surface area contributed by atoms with E-state index in [1.54, 1.807) is 12.1 Å². The maximum absolute atomic E-state index is 12.2. The van der Waals surface area contributed by atoms with Crippen LogP contribution in [0.15, 0.2) is 27.8 Å². The number of anilines is 1. The van der Waals surface area contributed by atoms with Gasteiger partial charge >= 0.3 is 6.03 Å². The van der Waals surface area contributed by atoms with Crippen LogP contribution in [0.3, 0.4) is 0 Å². The van der Waals surface area contributed by atoms with Gasteiger partial charge in [0.05, 0.1) is 22.9 Å². The Bertz CT molecular complexity index is 1160. The van der Waals surface area contributed by atoms with E-state index in [1.807, 2.05) is 17.8 Å². The molecule has 0 bridgehead atoms. The number of amides is 3. The number of H-pyrrole nitrogens is 2. The quantitative estimate of drug-likeness (QED) is 0.221. The number of nitrogens with zero attached hydrogens (tertiary/aromatic N) is 1. The minimum Gasteiger partial charge on any atom is -0.372 e. The van der Waals surface area contributed by atoms with Crippen molar-refractivity contribution in [3.8, 4) is 0 Å². The molecule has 35 heavy (non-hydrogen) atoms. The van der Waals surface area contributed by atoms with Crippen LogP contribution in [-0.4, -0.2) is 64.9 Å². The van der Waals surface area contributed by atoms with Crippen molar-refractivity contribution < 1.29 is 9.59 Å². The highest BCUT2D eigenvalue weighted by atomic mass is 32.2. The van der Waals surface area contributed by atoms with Gasteiger partial charge in [0.15, 0.2) is 0 Å². The van der Waals surface area contributed by atoms with Crippen molar-refractivity contribution in [2.24, 2.45) is 0 Å². The van der Waals surface area contributed by atoms with Gasteiger partial charge in [0.1, 0.15) is 0 Å². The van der Waals surface area contributed by atoms with E-state index in [0.29, 0.717) is 29.0 Å². The number of hydrogen-bond acceptors (Lipinski definition) is 6. The zero-order valence-electron chi connectivity index (χ0n) is 20.0. The van der Waals surface area contributed by atoms with Crippen molar-refractivity contribution in [1.29, 1.82) is 0 Å². The first-order chi connectivity index (χ1) is 17.0. The Morgan fingerprint density at radius 1 is 1.06 bits per heavy atom. The first kappa shape index (κ1) is 25.2. The van der Waals surface area contributed by atoms with Crippen LogP contribution in [0.1, 0.15) is 45.4 Å². The summed E-state index contributed by atoms with van der Waals surface area (Å²) in [5, 5.41) is 14.9. The van der Waals surface area contributed by atoms with Gasteiger partial charge in [-0.3, -0.25) is 24.6 Å². The maximum Gasteiger partial charge on any atom is 0.315 e. The zero-order chi connectivity index (χ0) is 24.8. The lowest BCUT2D eigenvalue weighted by Crippen LogP contribution is -2.36. The van der Waals surface area contributed by atoms with Gasteiger partial charge in [0.2, 0.25) is 5.91 Å². The molecular formula is C24H34N6O4S. The highest BCUT2D eigenvalue weighted by Gasteiger charge is 2.42. The Kier molecular flexibility index (Phi) is 8.37. The summed E-state index contributed by atoms with van der Waals surface area (Å²) in [6.07, 6.45) is 5.15. The molecule has 3 amide bonds. The number of hydrogen-bond donors (Lipinski definition) is 5. The van der Waals surface area contributed by atoms with E-state index in [-0.39, 0.29) is 35.1 Å². The Labute approximate surface area is 208 Å². The predicted molar refractivity (Wildman–Crippen MR) is 139 cm³/mol. The molecule has 2 saturated heterocycles. The van der Waals surface area contributed by atoms with Gasteiger partial charge in [-0.2, -0.15) is 11.8 Å². The molecule has 2 aromatic rings. The summed E-state index contributed by atoms with van der Waals surface area (Å²) in [4.78, 5) is 49.7. The van der Waals surface area contributed by atoms with E-state index < -0.39 is 0 Å². The number of carbonyl (C=O) groups is 2. The number of urea groups is 1. The van der Waals surface area contributed by atoms with Crippen LogP contribution >= 0.6 is 11.8 Å². The smallest absolute Gasteiger partial charge is 0.315 e. The molecule has 3 heterocycles. The maximum atomic E-state index is 12.2. The average Bonchev–Trinajstić information content (AvgIpc) is 3.40. The fourth-order valence-corrected chi connectivity index (χ4v) is 6.39. The van der Waals surface area contributed by atoms with Crippen molar-refractivity contribution in [3.05, 3.63) is 38.9 Å². The first-order valence-electron chi connectivity index (χ1n) is 12.4. The molecule has 2 aliphatic rings. The highest BCUT2D eigenvalue weighted by Crippen LogP contribution is 2.33. The molecule has 0 saturated carbocycles. The summed E-state index contributed by atoms with van der Waals surface area (Å²) in [5.74, 6) is 1.05. The fourth-order valence-electron chi connectivity index (χ4n) is 4.85. The molecule has 0 radical (unpaired) electrons. The van der Waals surface area contributed by atoms with Crippen molar-refractivity contribution in [3.63, 3.8) is 0 Å². The lowest BCUT2D eigenvalue weighted by Gasteiger charge is -2.23. The summed E-state index contributed by atoms with van der Waals surface area (Å²) >= 11 is 1.90. The number of carbonyl (C=O) groups excluding carboxylic acids is 2. The van der Waals surface area contributed by atoms with Crippen molar-refractivity contribution >= 4 is 40.2 Å². The van der Waals surface area contributed by atoms with Crippen LogP contribution < -0.4 is 32.0 Å². The SMILES string of the molecule is CCN(CCCCNC(=O)CCCC[C@@H]1SC[C@@H]2NC(=O)N[C@@H]21)c1ccc2c(=O)[nH][nH]c(=O)c2c1. The monoisotopic (exact) mass is 502 g/mol. The van der Waals surface area contributed by atoms with Crippen molar-refractivity contribution in [2.45, 2.75) is 62.8 Å². The third-order valence-electron chi connectivity index (χ3n) is 6.79. The lowest BCUT2D eigenvalue weighted by atomic mass is 10.0. The van der Waals surface area contributed by atoms with Gasteiger partial charge < -0.3 is 20.9 Å². The normalized spacial score (nSPS) is 20.9. The van der Waals surface area contributed by atoms with E-state index >= 15 is 0 Å². The molecule has 0 unspecified atom stereocenters. The Hall–Kier alpha value is -2.95. The van der Waals surface area contributed by atoms with Crippen LogP contribution in [-0.2, 0) is 4.79 Å². The highest BCUT2D eigenvalue weighted by molar-refractivity contribution is 8.00. The van der Waals surface area contributed by atoms with E-state index in [0.717, 1.165) is 56.6 Å². The first-order valence-corrected chi connectivity index (χ1v) is 13.5. The molecule has 190 valence electrons. The number of unbranched alkanes of at least 4 members (excludes halogenated alkanes) is 2. The van der Waals surface area contributed by atoms with Gasteiger partial charge in [-0.15, -0.1) is 0 Å². The molecule has 2 aliphatic heterocycles. The number of aromatic nitrogens is 2. The number of benzene rings is 1. The van der Waals surface area contributed by atoms with E-state index in [9.17, 15) is 19.2 Å². The van der Waals surface area contributed by atoms with E-state index in [1.165, 1.54) is 0 Å². The molecule has 11 heteroatoms. The van der Waals surface area contributed by atoms with Crippen molar-refractivity contribution in [2.75, 3.05) is 30.3 Å². The Balaban J connectivity index is 1.12. The van der Waals surface area contributed by atoms with Crippen LogP contribution in [0.2, 0.25) is 0 Å². The second kappa shape index (κ2) is 11.7. The van der Waals surface area contributed by atoms with Gasteiger partial charge in [-0.05, 0) is 50.8 Å². The van der Waals surface area contributed by atoms with Crippen LogP contribution in [0.4, 0.5) is 10.5 Å². The Morgan fingerprint density at radius 2 is 1.86 bits per heavy atom. The summed E-state index contributed by atoms with van der Waals surface area (Å²) in [5.41, 5.74) is 0.282. The lowest BCUT2D eigenvalue weighted by molar-refractivity contribution is -0.121. The molecule has 1 aromatic carbocycles. The molecule has 3 atom stereocenters. The number of nitrogens with one attached hydrogen (secondary N) is 5. The van der Waals surface area contributed by atoms with Crippen LogP contribution in [0.25, 0.3) is 10.8 Å². The second-order valence-corrected chi connectivity index (χ2v) is 10.4. The summed E-state index contributed by atoms with van der Waals surface area (Å²) in [6, 6.07) is 5.72. The topological polar surface area (TPSA) is 139 Å². The average molecular weight is 503 g/mol.